The molecule has 0 aliphatic carbocycles. The van der Waals surface area contributed by atoms with Gasteiger partial charge in [-0.1, -0.05) is 48.2 Å². The van der Waals surface area contributed by atoms with E-state index >= 15 is 0 Å². The first-order valence-corrected chi connectivity index (χ1v) is 11.0. The Hall–Kier alpha value is -2.68. The van der Waals surface area contributed by atoms with Crippen molar-refractivity contribution in [3.8, 4) is 23.0 Å². The Balaban J connectivity index is 1.64. The molecule has 31 heavy (non-hydrogen) atoms. The highest BCUT2D eigenvalue weighted by Gasteiger charge is 2.34. The lowest BCUT2D eigenvalue weighted by Gasteiger charge is -2.15. The van der Waals surface area contributed by atoms with Gasteiger partial charge in [0.15, 0.2) is 27.3 Å². The van der Waals surface area contributed by atoms with Crippen molar-refractivity contribution in [3.63, 3.8) is 0 Å². The molecule has 2 aromatic carbocycles. The smallest absolute Gasteiger partial charge is 0.270 e. The number of benzene rings is 2. The number of nitrogens with zero attached hydrogens (tertiary/aromatic N) is 1. The molecule has 0 aromatic heterocycles. The van der Waals surface area contributed by atoms with Crippen molar-refractivity contribution < 1.29 is 23.7 Å². The topological polar surface area (TPSA) is 57.2 Å². The highest BCUT2D eigenvalue weighted by Crippen LogP contribution is 2.42. The zero-order valence-corrected chi connectivity index (χ0v) is 18.9. The van der Waals surface area contributed by atoms with Crippen molar-refractivity contribution in [2.45, 2.75) is 6.92 Å². The van der Waals surface area contributed by atoms with Crippen LogP contribution in [0.3, 0.4) is 0 Å². The second-order valence-corrected chi connectivity index (χ2v) is 8.50. The summed E-state index contributed by atoms with van der Waals surface area (Å²) in [5.41, 5.74) is 1.32. The second kappa shape index (κ2) is 9.21. The van der Waals surface area contributed by atoms with Crippen LogP contribution >= 0.6 is 35.6 Å². The molecule has 2 heterocycles. The van der Waals surface area contributed by atoms with E-state index < -0.39 is 0 Å². The van der Waals surface area contributed by atoms with Crippen molar-refractivity contribution in [2.75, 3.05) is 24.9 Å². The van der Waals surface area contributed by atoms with Gasteiger partial charge in [-0.3, -0.25) is 9.69 Å². The van der Waals surface area contributed by atoms with Crippen molar-refractivity contribution in [1.82, 2.24) is 0 Å². The number of halogens is 1. The second-order valence-electron chi connectivity index (χ2n) is 6.42. The molecule has 160 valence electrons. The van der Waals surface area contributed by atoms with Crippen LogP contribution < -0.4 is 23.8 Å². The monoisotopic (exact) mass is 475 g/mol. The molecule has 4 rings (SSSR count). The summed E-state index contributed by atoms with van der Waals surface area (Å²) in [4.78, 5) is 15.0. The van der Waals surface area contributed by atoms with E-state index in [1.54, 1.807) is 42.5 Å². The third-order valence-electron chi connectivity index (χ3n) is 4.38. The van der Waals surface area contributed by atoms with E-state index in [-0.39, 0.29) is 12.7 Å². The fourth-order valence-electron chi connectivity index (χ4n) is 3.08. The van der Waals surface area contributed by atoms with Crippen LogP contribution in [0.1, 0.15) is 12.5 Å². The van der Waals surface area contributed by atoms with E-state index in [1.807, 2.05) is 6.92 Å². The first-order valence-electron chi connectivity index (χ1n) is 9.39. The Bertz CT molecular complexity index is 1100. The number of rotatable bonds is 7. The minimum atomic E-state index is -0.227. The predicted octanol–water partition coefficient (Wildman–Crippen LogP) is 5.44. The number of hydrogen-bond donors (Lipinski definition) is 0. The summed E-state index contributed by atoms with van der Waals surface area (Å²) in [6, 6.07) is 8.77. The summed E-state index contributed by atoms with van der Waals surface area (Å²) >= 11 is 13.1. The number of carbonyl (C=O) groups is 1. The SMILES string of the molecule is C=CCOc1c(Cl)cc(/C=C2/SC(=S)N(c3ccc4c(c3)OCO4)C2=O)cc1OCC. The van der Waals surface area contributed by atoms with E-state index in [0.717, 1.165) is 0 Å². The lowest BCUT2D eigenvalue weighted by molar-refractivity contribution is -0.113. The van der Waals surface area contributed by atoms with Crippen LogP contribution in [0.25, 0.3) is 6.08 Å². The molecule has 0 atom stereocenters. The molecule has 2 aliphatic heterocycles. The molecule has 2 aromatic rings. The lowest BCUT2D eigenvalue weighted by Crippen LogP contribution is -2.27. The molecular formula is C22H18ClNO5S2. The molecular weight excluding hydrogens is 458 g/mol. The number of ether oxygens (including phenoxy) is 4. The molecule has 1 fully saturated rings. The van der Waals surface area contributed by atoms with Gasteiger partial charge in [-0.2, -0.15) is 0 Å². The van der Waals surface area contributed by atoms with Crippen LogP contribution in [-0.4, -0.2) is 30.2 Å². The Kier molecular flexibility index (Phi) is 6.41. The van der Waals surface area contributed by atoms with E-state index in [0.29, 0.717) is 61.7 Å². The van der Waals surface area contributed by atoms with Crippen molar-refractivity contribution in [2.24, 2.45) is 0 Å². The quantitative estimate of drug-likeness (QED) is 0.300. The normalized spacial score (nSPS) is 16.2. The van der Waals surface area contributed by atoms with E-state index in [9.17, 15) is 4.79 Å². The molecule has 0 radical (unpaired) electrons. The third-order valence-corrected chi connectivity index (χ3v) is 5.97. The molecule has 6 nitrogen and oxygen atoms in total. The van der Waals surface area contributed by atoms with Gasteiger partial charge in [0.1, 0.15) is 6.61 Å². The van der Waals surface area contributed by atoms with Crippen LogP contribution in [0.15, 0.2) is 47.9 Å². The average molecular weight is 476 g/mol. The zero-order chi connectivity index (χ0) is 22.0. The molecule has 1 saturated heterocycles. The standard InChI is InChI=1S/C22H18ClNO5S2/c1-3-7-27-20-15(23)8-13(9-18(20)26-4-2)10-19-21(25)24(22(30)31-19)14-5-6-16-17(11-14)29-12-28-16/h3,5-6,8-11H,1,4,7,12H2,2H3/b19-10+. The predicted molar refractivity (Wildman–Crippen MR) is 127 cm³/mol. The summed E-state index contributed by atoms with van der Waals surface area (Å²) in [6.45, 7) is 6.41. The van der Waals surface area contributed by atoms with Gasteiger partial charge in [-0.05, 0) is 42.8 Å². The number of carbonyl (C=O) groups excluding carboxylic acids is 1. The third kappa shape index (κ3) is 4.37. The molecule has 0 saturated carbocycles. The Morgan fingerprint density at radius 1 is 1.26 bits per heavy atom. The van der Waals surface area contributed by atoms with Gasteiger partial charge in [0.25, 0.3) is 5.91 Å². The molecule has 0 N–H and O–H groups in total. The molecule has 2 aliphatic rings. The number of thiocarbonyl (C=S) groups is 1. The Morgan fingerprint density at radius 3 is 2.84 bits per heavy atom. The van der Waals surface area contributed by atoms with Crippen molar-refractivity contribution in [1.29, 1.82) is 0 Å². The largest absolute Gasteiger partial charge is 0.490 e. The first kappa shape index (κ1) is 21.5. The molecule has 1 amide bonds. The van der Waals surface area contributed by atoms with Crippen LogP contribution in [-0.2, 0) is 4.79 Å². The average Bonchev–Trinajstić information content (AvgIpc) is 3.31. The molecule has 0 unspecified atom stereocenters. The highest BCUT2D eigenvalue weighted by atomic mass is 35.5. The van der Waals surface area contributed by atoms with Crippen LogP contribution in [0.2, 0.25) is 5.02 Å². The van der Waals surface area contributed by atoms with E-state index in [4.69, 9.17) is 42.8 Å². The fraction of sp³-hybridized carbons (Fsp3) is 0.182. The van der Waals surface area contributed by atoms with Gasteiger partial charge in [0.2, 0.25) is 6.79 Å². The summed E-state index contributed by atoms with van der Waals surface area (Å²) < 4.78 is 22.5. The van der Waals surface area contributed by atoms with Crippen molar-refractivity contribution in [3.05, 3.63) is 58.5 Å². The minimum absolute atomic E-state index is 0.159. The Labute approximate surface area is 194 Å². The molecule has 0 bridgehead atoms. The maximum Gasteiger partial charge on any atom is 0.270 e. The van der Waals surface area contributed by atoms with Crippen LogP contribution in [0.5, 0.6) is 23.0 Å². The number of amides is 1. The molecule has 0 spiro atoms. The Morgan fingerprint density at radius 2 is 2.06 bits per heavy atom. The van der Waals surface area contributed by atoms with Gasteiger partial charge in [-0.15, -0.1) is 0 Å². The maximum atomic E-state index is 13.1. The van der Waals surface area contributed by atoms with Gasteiger partial charge in [0.05, 0.1) is 22.2 Å². The maximum absolute atomic E-state index is 13.1. The molecule has 9 heteroatoms. The van der Waals surface area contributed by atoms with Crippen LogP contribution in [0, 0.1) is 0 Å². The fourth-order valence-corrected chi connectivity index (χ4v) is 4.66. The van der Waals surface area contributed by atoms with E-state index in [1.165, 1.54) is 16.7 Å². The summed E-state index contributed by atoms with van der Waals surface area (Å²) in [5.74, 6) is 1.93. The van der Waals surface area contributed by atoms with Gasteiger partial charge < -0.3 is 18.9 Å². The number of hydrogen-bond acceptors (Lipinski definition) is 7. The van der Waals surface area contributed by atoms with Crippen LogP contribution in [0.4, 0.5) is 5.69 Å². The highest BCUT2D eigenvalue weighted by molar-refractivity contribution is 8.27. The number of thioether (sulfide) groups is 1. The zero-order valence-electron chi connectivity index (χ0n) is 16.6. The minimum Gasteiger partial charge on any atom is -0.490 e. The van der Waals surface area contributed by atoms with E-state index in [2.05, 4.69) is 6.58 Å². The summed E-state index contributed by atoms with van der Waals surface area (Å²) in [6.07, 6.45) is 3.36. The van der Waals surface area contributed by atoms with Crippen molar-refractivity contribution >= 4 is 57.6 Å². The van der Waals surface area contributed by atoms with Gasteiger partial charge >= 0.3 is 0 Å². The summed E-state index contributed by atoms with van der Waals surface area (Å²) in [7, 11) is 0. The summed E-state index contributed by atoms with van der Waals surface area (Å²) in [5, 5.41) is 0.380. The lowest BCUT2D eigenvalue weighted by atomic mass is 10.1. The number of anilines is 1. The van der Waals surface area contributed by atoms with Gasteiger partial charge in [-0.25, -0.2) is 0 Å². The first-order chi connectivity index (χ1) is 15.0. The number of fused-ring (bicyclic) bond motifs is 1. The van der Waals surface area contributed by atoms with Gasteiger partial charge in [0, 0.05) is 6.07 Å².